The highest BCUT2D eigenvalue weighted by Gasteiger charge is 2.20. The number of hydrogen-bond acceptors (Lipinski definition) is 9. The molecule has 0 saturated heterocycles. The summed E-state index contributed by atoms with van der Waals surface area (Å²) in [6.45, 7) is 3.67. The molecule has 10 heteroatoms. The van der Waals surface area contributed by atoms with E-state index >= 15 is 0 Å². The Morgan fingerprint density at radius 1 is 1.03 bits per heavy atom. The van der Waals surface area contributed by atoms with Gasteiger partial charge in [0.25, 0.3) is 0 Å². The molecule has 0 bridgehead atoms. The van der Waals surface area contributed by atoms with Gasteiger partial charge < -0.3 is 14.0 Å². The van der Waals surface area contributed by atoms with Gasteiger partial charge in [0.05, 0.1) is 31.1 Å². The number of esters is 2. The summed E-state index contributed by atoms with van der Waals surface area (Å²) in [4.78, 5) is 37.0. The smallest absolute Gasteiger partial charge is 0.337 e. The topological polar surface area (TPSA) is 100 Å². The summed E-state index contributed by atoms with van der Waals surface area (Å²) in [6, 6.07) is 6.44. The maximum Gasteiger partial charge on any atom is 0.337 e. The number of hydrogen-bond donors (Lipinski definition) is 0. The lowest BCUT2D eigenvalue weighted by molar-refractivity contribution is 0.0599. The Bertz CT molecular complexity index is 1070. The summed E-state index contributed by atoms with van der Waals surface area (Å²) in [5.74, 6) is -0.968. The van der Waals surface area contributed by atoms with Crippen LogP contribution in [0.1, 0.15) is 42.5 Å². The molecule has 156 valence electrons. The van der Waals surface area contributed by atoms with Gasteiger partial charge in [-0.3, -0.25) is 4.79 Å². The lowest BCUT2D eigenvalue weighted by Gasteiger charge is -2.13. The van der Waals surface area contributed by atoms with Gasteiger partial charge in [-0.2, -0.15) is 0 Å². The van der Waals surface area contributed by atoms with E-state index in [1.54, 1.807) is 23.7 Å². The number of carbonyl (C=O) groups excluding carboxylic acids is 3. The fourth-order valence-corrected chi connectivity index (χ4v) is 4.46. The molecule has 0 radical (unpaired) electrons. The van der Waals surface area contributed by atoms with Crippen LogP contribution >= 0.6 is 23.1 Å². The number of Topliss-reactive ketones (excluding diaryl/α,β-unsaturated/α-hetero) is 1. The van der Waals surface area contributed by atoms with Crippen LogP contribution in [-0.2, 0) is 9.47 Å². The maximum absolute atomic E-state index is 12.8. The average Bonchev–Trinajstić information content (AvgIpc) is 3.37. The lowest BCUT2D eigenvalue weighted by Crippen LogP contribution is -2.10. The summed E-state index contributed by atoms with van der Waals surface area (Å²) in [7, 11) is 2.54. The van der Waals surface area contributed by atoms with Crippen LogP contribution in [0.15, 0.2) is 34.1 Å². The Morgan fingerprint density at radius 3 is 2.20 bits per heavy atom. The van der Waals surface area contributed by atoms with E-state index < -0.39 is 11.9 Å². The van der Waals surface area contributed by atoms with Crippen molar-refractivity contribution >= 4 is 40.8 Å². The monoisotopic (exact) mass is 445 g/mol. The Kier molecular flexibility index (Phi) is 6.68. The van der Waals surface area contributed by atoms with Gasteiger partial charge in [0, 0.05) is 22.6 Å². The number of benzene rings is 1. The molecule has 0 saturated carbocycles. The van der Waals surface area contributed by atoms with Crippen LogP contribution in [0.4, 0.5) is 0 Å². The van der Waals surface area contributed by atoms with Gasteiger partial charge in [-0.15, -0.1) is 10.2 Å². The van der Waals surface area contributed by atoms with E-state index in [4.69, 9.17) is 9.47 Å². The first-order valence-corrected chi connectivity index (χ1v) is 10.7. The molecule has 2 heterocycles. The molecule has 3 rings (SSSR count). The first kappa shape index (κ1) is 21.7. The Labute approximate surface area is 181 Å². The molecule has 0 aliphatic rings. The zero-order chi connectivity index (χ0) is 21.8. The summed E-state index contributed by atoms with van der Waals surface area (Å²) in [5.41, 5.74) is 4.65. The highest BCUT2D eigenvalue weighted by Crippen LogP contribution is 2.26. The number of nitrogens with zero attached hydrogens (tertiary/aromatic N) is 3. The zero-order valence-electron chi connectivity index (χ0n) is 16.8. The van der Waals surface area contributed by atoms with E-state index in [0.717, 1.165) is 10.0 Å². The van der Waals surface area contributed by atoms with E-state index in [0.29, 0.717) is 16.9 Å². The number of ketones is 1. The molecule has 0 fully saturated rings. The number of ether oxygens (including phenoxy) is 2. The molecule has 2 aromatic heterocycles. The molecule has 0 aliphatic carbocycles. The lowest BCUT2D eigenvalue weighted by atomic mass is 10.1. The van der Waals surface area contributed by atoms with E-state index in [1.165, 1.54) is 43.4 Å². The maximum atomic E-state index is 12.8. The van der Waals surface area contributed by atoms with E-state index in [9.17, 15) is 14.4 Å². The molecule has 30 heavy (non-hydrogen) atoms. The van der Waals surface area contributed by atoms with Crippen molar-refractivity contribution in [1.29, 1.82) is 0 Å². The number of rotatable bonds is 7. The second kappa shape index (κ2) is 9.23. The first-order valence-electron chi connectivity index (χ1n) is 8.79. The van der Waals surface area contributed by atoms with Gasteiger partial charge in [-0.25, -0.2) is 9.59 Å². The van der Waals surface area contributed by atoms with Crippen LogP contribution in [0, 0.1) is 13.8 Å². The van der Waals surface area contributed by atoms with Crippen molar-refractivity contribution in [3.8, 4) is 5.69 Å². The van der Waals surface area contributed by atoms with Gasteiger partial charge in [0.1, 0.15) is 5.51 Å². The molecule has 0 spiro atoms. The van der Waals surface area contributed by atoms with Crippen molar-refractivity contribution in [1.82, 2.24) is 14.8 Å². The molecule has 1 aromatic carbocycles. The van der Waals surface area contributed by atoms with Crippen molar-refractivity contribution in [2.75, 3.05) is 20.0 Å². The minimum atomic E-state index is -0.575. The fraction of sp³-hybridized carbons (Fsp3) is 0.250. The van der Waals surface area contributed by atoms with Crippen molar-refractivity contribution in [2.24, 2.45) is 0 Å². The van der Waals surface area contributed by atoms with Crippen LogP contribution in [0.2, 0.25) is 0 Å². The summed E-state index contributed by atoms with van der Waals surface area (Å²) < 4.78 is 12.1. The molecule has 8 nitrogen and oxygen atoms in total. The molecular formula is C20H19N3O5S2. The minimum Gasteiger partial charge on any atom is -0.465 e. The molecular weight excluding hydrogens is 426 g/mol. The number of aryl methyl sites for hydroxylation is 1. The van der Waals surface area contributed by atoms with Crippen LogP contribution < -0.4 is 0 Å². The number of thioether (sulfide) groups is 1. The normalized spacial score (nSPS) is 10.7. The van der Waals surface area contributed by atoms with Crippen LogP contribution in [0.5, 0.6) is 0 Å². The van der Waals surface area contributed by atoms with Crippen molar-refractivity contribution < 1.29 is 23.9 Å². The molecule has 0 atom stereocenters. The average molecular weight is 446 g/mol. The third-order valence-corrected chi connectivity index (χ3v) is 6.28. The number of aromatic nitrogens is 3. The molecule has 0 aliphatic heterocycles. The van der Waals surface area contributed by atoms with Crippen molar-refractivity contribution in [3.63, 3.8) is 0 Å². The predicted molar refractivity (Wildman–Crippen MR) is 113 cm³/mol. The molecule has 0 N–H and O–H groups in total. The summed E-state index contributed by atoms with van der Waals surface area (Å²) >= 11 is 2.71. The second-order valence-corrected chi connectivity index (χ2v) is 8.34. The van der Waals surface area contributed by atoms with Crippen LogP contribution in [0.25, 0.3) is 5.69 Å². The van der Waals surface area contributed by atoms with Crippen LogP contribution in [-0.4, -0.2) is 52.5 Å². The van der Waals surface area contributed by atoms with Gasteiger partial charge in [0.15, 0.2) is 10.1 Å². The van der Waals surface area contributed by atoms with Gasteiger partial charge in [0.2, 0.25) is 0 Å². The molecule has 0 unspecified atom stereocenters. The number of carbonyl (C=O) groups is 3. The standard InChI is InChI=1S/C20H19N3O5S2/c1-11-5-16(17(24)9-29-20-22-21-10-30-20)12(2)23(11)15-7-13(18(25)27-3)6-14(8-15)19(26)28-4/h5-8,10H,9H2,1-4H3. The third kappa shape index (κ3) is 4.44. The Morgan fingerprint density at radius 2 is 1.67 bits per heavy atom. The third-order valence-electron chi connectivity index (χ3n) is 4.42. The van der Waals surface area contributed by atoms with Gasteiger partial charge in [-0.05, 0) is 38.1 Å². The quantitative estimate of drug-likeness (QED) is 0.309. The Balaban J connectivity index is 2.00. The fourth-order valence-electron chi connectivity index (χ4n) is 3.08. The SMILES string of the molecule is COC(=O)c1cc(C(=O)OC)cc(-n2c(C)cc(C(=O)CSc3nncs3)c2C)c1. The number of methoxy groups -OCH3 is 2. The van der Waals surface area contributed by atoms with Gasteiger partial charge >= 0.3 is 11.9 Å². The summed E-state index contributed by atoms with van der Waals surface area (Å²) in [6.07, 6.45) is 0. The minimum absolute atomic E-state index is 0.0492. The van der Waals surface area contributed by atoms with E-state index in [1.807, 2.05) is 18.4 Å². The highest BCUT2D eigenvalue weighted by atomic mass is 32.2. The largest absolute Gasteiger partial charge is 0.465 e. The van der Waals surface area contributed by atoms with E-state index in [-0.39, 0.29) is 22.7 Å². The molecule has 0 amide bonds. The second-order valence-electron chi connectivity index (χ2n) is 6.29. The van der Waals surface area contributed by atoms with E-state index in [2.05, 4.69) is 10.2 Å². The van der Waals surface area contributed by atoms with Gasteiger partial charge in [-0.1, -0.05) is 23.1 Å². The van der Waals surface area contributed by atoms with Crippen molar-refractivity contribution in [3.05, 3.63) is 57.9 Å². The zero-order valence-corrected chi connectivity index (χ0v) is 18.4. The predicted octanol–water partition coefficient (Wildman–Crippen LogP) is 3.49. The Hall–Kier alpha value is -2.98. The summed E-state index contributed by atoms with van der Waals surface area (Å²) in [5, 5.41) is 7.69. The first-order chi connectivity index (χ1) is 14.3. The highest BCUT2D eigenvalue weighted by molar-refractivity contribution is 8.01. The molecule has 3 aromatic rings. The van der Waals surface area contributed by atoms with Crippen LogP contribution in [0.3, 0.4) is 0 Å². The van der Waals surface area contributed by atoms with Crippen molar-refractivity contribution in [2.45, 2.75) is 18.2 Å².